The summed E-state index contributed by atoms with van der Waals surface area (Å²) in [5.41, 5.74) is -1.50. The van der Waals surface area contributed by atoms with Gasteiger partial charge in [-0.05, 0) is 12.2 Å². The molecule has 7 heteroatoms. The third kappa shape index (κ3) is 1.23. The SMILES string of the molecule is O=c1cc(O)c2c(=O)[nH]c(=S)[nH]c2o1. The van der Waals surface area contributed by atoms with Crippen LogP contribution in [0.5, 0.6) is 5.75 Å². The molecule has 2 aromatic rings. The lowest BCUT2D eigenvalue weighted by molar-refractivity contribution is 0.465. The first-order valence-electron chi connectivity index (χ1n) is 3.57. The summed E-state index contributed by atoms with van der Waals surface area (Å²) in [6.07, 6.45) is 0. The second kappa shape index (κ2) is 2.81. The van der Waals surface area contributed by atoms with E-state index in [4.69, 9.17) is 0 Å². The Morgan fingerprint density at radius 3 is 2.79 bits per heavy atom. The molecule has 0 aliphatic heterocycles. The number of fused-ring (bicyclic) bond motifs is 1. The number of hydrogen-bond acceptors (Lipinski definition) is 5. The van der Waals surface area contributed by atoms with E-state index in [0.717, 1.165) is 6.07 Å². The minimum atomic E-state index is -0.758. The van der Waals surface area contributed by atoms with Crippen LogP contribution in [-0.2, 0) is 0 Å². The predicted octanol–water partition coefficient (Wildman–Crippen LogP) is 0.244. The molecule has 0 aliphatic carbocycles. The molecule has 0 spiro atoms. The fourth-order valence-corrected chi connectivity index (χ4v) is 1.27. The first kappa shape index (κ1) is 8.70. The van der Waals surface area contributed by atoms with Crippen LogP contribution < -0.4 is 11.2 Å². The van der Waals surface area contributed by atoms with Crippen LogP contribution in [0.15, 0.2) is 20.1 Å². The molecule has 0 aliphatic rings. The standard InChI is InChI=1S/C7H4N2O4S/c10-2-1-3(11)13-6-4(2)5(12)8-7(14)9-6/h1,10H,(H2,8,9,12,14). The van der Waals surface area contributed by atoms with Crippen LogP contribution in [0.25, 0.3) is 11.1 Å². The zero-order valence-electron chi connectivity index (χ0n) is 6.66. The fraction of sp³-hybridized carbons (Fsp3) is 0. The quantitative estimate of drug-likeness (QED) is 0.543. The van der Waals surface area contributed by atoms with Crippen LogP contribution in [0, 0.1) is 4.77 Å². The third-order valence-electron chi connectivity index (χ3n) is 1.62. The van der Waals surface area contributed by atoms with Gasteiger partial charge in [0.05, 0.1) is 6.07 Å². The smallest absolute Gasteiger partial charge is 0.341 e. The normalized spacial score (nSPS) is 10.6. The molecule has 2 rings (SSSR count). The molecule has 0 atom stereocenters. The van der Waals surface area contributed by atoms with Gasteiger partial charge >= 0.3 is 5.63 Å². The molecule has 6 nitrogen and oxygen atoms in total. The van der Waals surface area contributed by atoms with Crippen molar-refractivity contribution in [1.29, 1.82) is 0 Å². The number of aromatic nitrogens is 2. The minimum absolute atomic E-state index is 0.0243. The van der Waals surface area contributed by atoms with E-state index in [-0.39, 0.29) is 15.9 Å². The van der Waals surface area contributed by atoms with Gasteiger partial charge in [0.15, 0.2) is 4.77 Å². The van der Waals surface area contributed by atoms with Gasteiger partial charge in [-0.25, -0.2) is 4.79 Å². The highest BCUT2D eigenvalue weighted by Crippen LogP contribution is 2.15. The molecule has 0 radical (unpaired) electrons. The summed E-state index contributed by atoms with van der Waals surface area (Å²) in [6.45, 7) is 0. The number of H-pyrrole nitrogens is 2. The molecule has 2 aromatic heterocycles. The van der Waals surface area contributed by atoms with E-state index >= 15 is 0 Å². The lowest BCUT2D eigenvalue weighted by Crippen LogP contribution is -2.10. The van der Waals surface area contributed by atoms with Gasteiger partial charge in [-0.3, -0.25) is 9.78 Å². The number of rotatable bonds is 0. The molecule has 0 fully saturated rings. The van der Waals surface area contributed by atoms with Crippen molar-refractivity contribution in [3.05, 3.63) is 31.6 Å². The maximum atomic E-state index is 11.3. The van der Waals surface area contributed by atoms with Crippen molar-refractivity contribution in [1.82, 2.24) is 9.97 Å². The van der Waals surface area contributed by atoms with Crippen LogP contribution >= 0.6 is 12.2 Å². The third-order valence-corrected chi connectivity index (χ3v) is 1.83. The average molecular weight is 212 g/mol. The summed E-state index contributed by atoms with van der Waals surface area (Å²) in [5, 5.41) is 9.16. The van der Waals surface area contributed by atoms with Crippen LogP contribution in [0.4, 0.5) is 0 Å². The number of aromatic amines is 2. The topological polar surface area (TPSA) is 99.1 Å². The second-order valence-electron chi connectivity index (χ2n) is 2.56. The molecular formula is C7H4N2O4S. The molecular weight excluding hydrogens is 208 g/mol. The molecule has 0 bridgehead atoms. The average Bonchev–Trinajstić information content (AvgIpc) is 1.99. The van der Waals surface area contributed by atoms with Crippen molar-refractivity contribution in [2.24, 2.45) is 0 Å². The minimum Gasteiger partial charge on any atom is -0.507 e. The highest BCUT2D eigenvalue weighted by molar-refractivity contribution is 7.71. The Balaban J connectivity index is 3.18. The van der Waals surface area contributed by atoms with Crippen molar-refractivity contribution in [2.45, 2.75) is 0 Å². The van der Waals surface area contributed by atoms with Crippen molar-refractivity contribution < 1.29 is 9.52 Å². The van der Waals surface area contributed by atoms with E-state index in [9.17, 15) is 14.7 Å². The summed E-state index contributed by atoms with van der Waals surface area (Å²) < 4.78 is 4.67. The number of nitrogens with one attached hydrogen (secondary N) is 2. The van der Waals surface area contributed by atoms with Gasteiger partial charge in [-0.2, -0.15) is 0 Å². The second-order valence-corrected chi connectivity index (χ2v) is 2.97. The molecule has 2 heterocycles. The zero-order valence-corrected chi connectivity index (χ0v) is 7.47. The molecule has 0 aromatic carbocycles. The van der Waals surface area contributed by atoms with Crippen LogP contribution in [-0.4, -0.2) is 15.1 Å². The van der Waals surface area contributed by atoms with Gasteiger partial charge < -0.3 is 14.5 Å². The van der Waals surface area contributed by atoms with Crippen LogP contribution in [0.3, 0.4) is 0 Å². The molecule has 3 N–H and O–H groups in total. The van der Waals surface area contributed by atoms with E-state index in [2.05, 4.69) is 26.6 Å². The highest BCUT2D eigenvalue weighted by Gasteiger charge is 2.08. The lowest BCUT2D eigenvalue weighted by atomic mass is 10.3. The maximum absolute atomic E-state index is 11.3. The molecule has 0 saturated heterocycles. The Bertz CT molecular complexity index is 660. The Kier molecular flexibility index (Phi) is 1.74. The summed E-state index contributed by atoms with van der Waals surface area (Å²) in [5.74, 6) is -0.441. The summed E-state index contributed by atoms with van der Waals surface area (Å²) in [6, 6.07) is 0.814. The Morgan fingerprint density at radius 1 is 1.36 bits per heavy atom. The molecule has 72 valence electrons. The van der Waals surface area contributed by atoms with Crippen molar-refractivity contribution in [3.63, 3.8) is 0 Å². The fourth-order valence-electron chi connectivity index (χ4n) is 1.09. The van der Waals surface area contributed by atoms with Gasteiger partial charge in [-0.15, -0.1) is 0 Å². The molecule has 14 heavy (non-hydrogen) atoms. The first-order valence-corrected chi connectivity index (χ1v) is 3.98. The Labute approximate surface area is 80.8 Å². The lowest BCUT2D eigenvalue weighted by Gasteiger charge is -1.96. The molecule has 0 saturated carbocycles. The monoisotopic (exact) mass is 212 g/mol. The van der Waals surface area contributed by atoms with Gasteiger partial charge in [0.1, 0.15) is 11.1 Å². The Morgan fingerprint density at radius 2 is 2.07 bits per heavy atom. The van der Waals surface area contributed by atoms with E-state index in [1.54, 1.807) is 0 Å². The van der Waals surface area contributed by atoms with Gasteiger partial charge in [0, 0.05) is 0 Å². The summed E-state index contributed by atoms with van der Waals surface area (Å²) in [7, 11) is 0. The van der Waals surface area contributed by atoms with Gasteiger partial charge in [-0.1, -0.05) is 0 Å². The van der Waals surface area contributed by atoms with Gasteiger partial charge in [0.2, 0.25) is 5.71 Å². The van der Waals surface area contributed by atoms with E-state index in [1.807, 2.05) is 0 Å². The molecule has 0 amide bonds. The number of hydrogen-bond donors (Lipinski definition) is 3. The summed E-state index contributed by atoms with van der Waals surface area (Å²) in [4.78, 5) is 26.8. The van der Waals surface area contributed by atoms with Crippen LogP contribution in [0.1, 0.15) is 0 Å². The van der Waals surface area contributed by atoms with E-state index < -0.39 is 16.9 Å². The Hall–Kier alpha value is -1.89. The maximum Gasteiger partial charge on any atom is 0.341 e. The predicted molar refractivity (Wildman–Crippen MR) is 50.0 cm³/mol. The molecule has 0 unspecified atom stereocenters. The van der Waals surface area contributed by atoms with E-state index in [1.165, 1.54) is 0 Å². The summed E-state index contributed by atoms with van der Waals surface area (Å²) >= 11 is 4.66. The van der Waals surface area contributed by atoms with Crippen molar-refractivity contribution in [3.8, 4) is 5.75 Å². The van der Waals surface area contributed by atoms with Crippen molar-refractivity contribution >= 4 is 23.3 Å². The first-order chi connectivity index (χ1) is 6.58. The largest absolute Gasteiger partial charge is 0.507 e. The highest BCUT2D eigenvalue weighted by atomic mass is 32.1. The van der Waals surface area contributed by atoms with Crippen molar-refractivity contribution in [2.75, 3.05) is 0 Å². The zero-order chi connectivity index (χ0) is 10.3. The van der Waals surface area contributed by atoms with E-state index in [0.29, 0.717) is 0 Å². The number of aromatic hydroxyl groups is 1. The van der Waals surface area contributed by atoms with Gasteiger partial charge in [0.25, 0.3) is 5.56 Å². The van der Waals surface area contributed by atoms with Crippen LogP contribution in [0.2, 0.25) is 0 Å².